The molecule has 4 rings (SSSR count). The maximum Gasteiger partial charge on any atom is 0.337 e. The molecule has 6 nitrogen and oxygen atoms in total. The van der Waals surface area contributed by atoms with Crippen LogP contribution >= 0.6 is 0 Å². The quantitative estimate of drug-likeness (QED) is 0.491. The molecule has 0 radical (unpaired) electrons. The summed E-state index contributed by atoms with van der Waals surface area (Å²) in [5, 5.41) is 3.10. The lowest BCUT2D eigenvalue weighted by atomic mass is 9.67. The fourth-order valence-corrected chi connectivity index (χ4v) is 5.63. The van der Waals surface area contributed by atoms with Crippen LogP contribution in [0.3, 0.4) is 0 Å². The molecule has 3 aliphatic heterocycles. The molecule has 0 saturated carbocycles. The molecular formula is C22H28N2O4. The minimum absolute atomic E-state index is 0.00851. The third-order valence-electron chi connectivity index (χ3n) is 6.97. The van der Waals surface area contributed by atoms with Gasteiger partial charge in [-0.15, -0.1) is 0 Å². The second kappa shape index (κ2) is 7.24. The topological polar surface area (TPSA) is 67.9 Å². The Morgan fingerprint density at radius 3 is 2.86 bits per heavy atom. The molecule has 2 fully saturated rings. The number of anilines is 1. The molecule has 0 bridgehead atoms. The highest BCUT2D eigenvalue weighted by Crippen LogP contribution is 2.53. The van der Waals surface area contributed by atoms with Gasteiger partial charge in [-0.05, 0) is 42.9 Å². The second-order valence-electron chi connectivity index (χ2n) is 8.04. The van der Waals surface area contributed by atoms with Gasteiger partial charge in [-0.1, -0.05) is 31.5 Å². The van der Waals surface area contributed by atoms with Gasteiger partial charge in [0.05, 0.1) is 31.5 Å². The van der Waals surface area contributed by atoms with Crippen molar-refractivity contribution in [3.05, 3.63) is 41.7 Å². The number of piperidine rings is 1. The Labute approximate surface area is 165 Å². The Bertz CT molecular complexity index is 821. The number of rotatable bonds is 4. The molecule has 3 heterocycles. The molecule has 0 unspecified atom stereocenters. The standard InChI is InChI=1S/C22H28N2O4/c1-4-14-12-24-10-9-22(17-7-5-6-8-18(17)23-21(22)26)19(24)11-15(14)16(13-27-2)20(25)28-3/h5-8,13-15,19H,4,9-12H2,1-3H3,(H,23,26)/t14-,15-,19+,22-/m0/s1. The van der Waals surface area contributed by atoms with Crippen LogP contribution in [0, 0.1) is 11.8 Å². The van der Waals surface area contributed by atoms with Crippen molar-refractivity contribution < 1.29 is 19.1 Å². The number of benzene rings is 1. The first kappa shape index (κ1) is 19.0. The Hall–Kier alpha value is -2.34. The predicted molar refractivity (Wildman–Crippen MR) is 106 cm³/mol. The van der Waals surface area contributed by atoms with Crippen LogP contribution in [-0.2, 0) is 24.5 Å². The van der Waals surface area contributed by atoms with Gasteiger partial charge >= 0.3 is 5.97 Å². The summed E-state index contributed by atoms with van der Waals surface area (Å²) >= 11 is 0. The van der Waals surface area contributed by atoms with Crippen LogP contribution in [0.1, 0.15) is 31.7 Å². The van der Waals surface area contributed by atoms with Gasteiger partial charge in [-0.25, -0.2) is 4.79 Å². The predicted octanol–water partition coefficient (Wildman–Crippen LogP) is 2.70. The molecule has 28 heavy (non-hydrogen) atoms. The van der Waals surface area contributed by atoms with E-state index in [-0.39, 0.29) is 23.8 Å². The van der Waals surface area contributed by atoms with E-state index in [1.54, 1.807) is 7.11 Å². The lowest BCUT2D eigenvalue weighted by Gasteiger charge is -2.45. The van der Waals surface area contributed by atoms with E-state index in [2.05, 4.69) is 23.2 Å². The van der Waals surface area contributed by atoms with Gasteiger partial charge < -0.3 is 14.8 Å². The molecule has 150 valence electrons. The zero-order chi connectivity index (χ0) is 19.9. The van der Waals surface area contributed by atoms with Crippen LogP contribution in [0.5, 0.6) is 0 Å². The van der Waals surface area contributed by atoms with E-state index in [4.69, 9.17) is 9.47 Å². The summed E-state index contributed by atoms with van der Waals surface area (Å²) in [6, 6.07) is 8.07. The number of carbonyl (C=O) groups excluding carboxylic acids is 2. The van der Waals surface area contributed by atoms with Gasteiger partial charge in [0.25, 0.3) is 0 Å². The average molecular weight is 384 g/mol. The number of ether oxygens (including phenoxy) is 2. The Morgan fingerprint density at radius 1 is 1.36 bits per heavy atom. The second-order valence-corrected chi connectivity index (χ2v) is 8.04. The number of fused-ring (bicyclic) bond motifs is 4. The van der Waals surface area contributed by atoms with Crippen LogP contribution < -0.4 is 5.32 Å². The van der Waals surface area contributed by atoms with Crippen molar-refractivity contribution in [2.24, 2.45) is 11.8 Å². The number of hydrogen-bond donors (Lipinski definition) is 1. The number of nitrogens with one attached hydrogen (secondary N) is 1. The van der Waals surface area contributed by atoms with Crippen molar-refractivity contribution in [3.8, 4) is 0 Å². The molecule has 6 heteroatoms. The molecule has 0 aliphatic carbocycles. The first-order valence-electron chi connectivity index (χ1n) is 10.0. The van der Waals surface area contributed by atoms with Crippen molar-refractivity contribution in [2.45, 2.75) is 37.6 Å². The Balaban J connectivity index is 1.74. The smallest absolute Gasteiger partial charge is 0.337 e. The highest BCUT2D eigenvalue weighted by molar-refractivity contribution is 6.07. The molecule has 1 N–H and O–H groups in total. The van der Waals surface area contributed by atoms with E-state index in [1.165, 1.54) is 13.4 Å². The highest BCUT2D eigenvalue weighted by atomic mass is 16.5. The van der Waals surface area contributed by atoms with Gasteiger partial charge in [0.15, 0.2) is 0 Å². The molecule has 1 spiro atoms. The summed E-state index contributed by atoms with van der Waals surface area (Å²) in [5.41, 5.74) is 2.05. The average Bonchev–Trinajstić information content (AvgIpc) is 3.23. The van der Waals surface area contributed by atoms with Crippen LogP contribution in [0.15, 0.2) is 36.1 Å². The molecule has 2 saturated heterocycles. The third kappa shape index (κ3) is 2.65. The lowest BCUT2D eigenvalue weighted by molar-refractivity contribution is -0.137. The summed E-state index contributed by atoms with van der Waals surface area (Å²) in [6.07, 6.45) is 4.04. The normalized spacial score (nSPS) is 32.0. The maximum atomic E-state index is 13.2. The Kier molecular flexibility index (Phi) is 4.91. The van der Waals surface area contributed by atoms with E-state index < -0.39 is 5.41 Å². The van der Waals surface area contributed by atoms with Crippen LogP contribution in [0.25, 0.3) is 0 Å². The molecule has 1 aromatic carbocycles. The van der Waals surface area contributed by atoms with Gasteiger partial charge in [-0.3, -0.25) is 9.69 Å². The van der Waals surface area contributed by atoms with Crippen molar-refractivity contribution in [3.63, 3.8) is 0 Å². The van der Waals surface area contributed by atoms with E-state index in [0.29, 0.717) is 11.5 Å². The Morgan fingerprint density at radius 2 is 2.14 bits per heavy atom. The van der Waals surface area contributed by atoms with Crippen molar-refractivity contribution >= 4 is 17.6 Å². The molecule has 3 aliphatic rings. The summed E-state index contributed by atoms with van der Waals surface area (Å²) in [5.74, 6) is 0.0769. The molecular weight excluding hydrogens is 356 g/mol. The van der Waals surface area contributed by atoms with Crippen molar-refractivity contribution in [1.29, 1.82) is 0 Å². The summed E-state index contributed by atoms with van der Waals surface area (Å²) in [6.45, 7) is 3.93. The first-order chi connectivity index (χ1) is 13.6. The van der Waals surface area contributed by atoms with E-state index in [1.807, 2.05) is 18.2 Å². The number of carbonyl (C=O) groups is 2. The number of methoxy groups -OCH3 is 2. The van der Waals surface area contributed by atoms with Crippen LogP contribution in [0.4, 0.5) is 5.69 Å². The number of esters is 1. The zero-order valence-electron chi connectivity index (χ0n) is 16.7. The van der Waals surface area contributed by atoms with Gasteiger partial charge in [0.2, 0.25) is 5.91 Å². The molecule has 4 atom stereocenters. The van der Waals surface area contributed by atoms with E-state index in [0.717, 1.165) is 43.6 Å². The van der Waals surface area contributed by atoms with Gasteiger partial charge in [-0.2, -0.15) is 0 Å². The summed E-state index contributed by atoms with van der Waals surface area (Å²) < 4.78 is 10.3. The SMILES string of the molecule is CC[C@H]1CN2CC[C@@]3(C(=O)Nc4ccccc43)[C@H]2C[C@@H]1C(=COC)C(=O)OC. The largest absolute Gasteiger partial charge is 0.504 e. The molecule has 1 amide bonds. The van der Waals surface area contributed by atoms with Crippen molar-refractivity contribution in [2.75, 3.05) is 32.6 Å². The maximum absolute atomic E-state index is 13.2. The zero-order valence-corrected chi connectivity index (χ0v) is 16.7. The van der Waals surface area contributed by atoms with Crippen LogP contribution in [0.2, 0.25) is 0 Å². The first-order valence-corrected chi connectivity index (χ1v) is 10.0. The molecule has 0 aromatic heterocycles. The minimum atomic E-state index is -0.540. The monoisotopic (exact) mass is 384 g/mol. The van der Waals surface area contributed by atoms with E-state index >= 15 is 0 Å². The van der Waals surface area contributed by atoms with Crippen molar-refractivity contribution in [1.82, 2.24) is 4.90 Å². The number of hydrogen-bond acceptors (Lipinski definition) is 5. The lowest BCUT2D eigenvalue weighted by Crippen LogP contribution is -2.53. The third-order valence-corrected chi connectivity index (χ3v) is 6.97. The van der Waals surface area contributed by atoms with E-state index in [9.17, 15) is 9.59 Å². The minimum Gasteiger partial charge on any atom is -0.504 e. The number of nitrogens with zero attached hydrogens (tertiary/aromatic N) is 1. The summed E-state index contributed by atoms with van der Waals surface area (Å²) in [7, 11) is 2.95. The fraction of sp³-hybridized carbons (Fsp3) is 0.545. The van der Waals surface area contributed by atoms with Gasteiger partial charge in [0, 0.05) is 18.3 Å². The van der Waals surface area contributed by atoms with Crippen LogP contribution in [-0.4, -0.2) is 50.1 Å². The number of para-hydroxylation sites is 1. The summed E-state index contributed by atoms with van der Waals surface area (Å²) in [4.78, 5) is 28.1. The highest BCUT2D eigenvalue weighted by Gasteiger charge is 2.60. The fourth-order valence-electron chi connectivity index (χ4n) is 5.63. The number of amides is 1. The van der Waals surface area contributed by atoms with Gasteiger partial charge in [0.1, 0.15) is 0 Å². The molecule has 1 aromatic rings.